The second kappa shape index (κ2) is 7.81. The largest absolute Gasteiger partial charge is 0.381 e. The molecule has 2 rings (SSSR count). The molecule has 0 aliphatic carbocycles. The molecule has 0 spiro atoms. The molecular weight excluding hydrogens is 380 g/mol. The van der Waals surface area contributed by atoms with Crippen LogP contribution in [0.2, 0.25) is 0 Å². The van der Waals surface area contributed by atoms with Gasteiger partial charge in [0.2, 0.25) is 0 Å². The Morgan fingerprint density at radius 1 is 1.25 bits per heavy atom. The van der Waals surface area contributed by atoms with Gasteiger partial charge >= 0.3 is 0 Å². The highest BCUT2D eigenvalue weighted by Gasteiger charge is 2.16. The van der Waals surface area contributed by atoms with E-state index < -0.39 is 0 Å². The van der Waals surface area contributed by atoms with Crippen LogP contribution in [0.25, 0.3) is 0 Å². The predicted octanol–water partition coefficient (Wildman–Crippen LogP) is 5.24. The summed E-state index contributed by atoms with van der Waals surface area (Å²) >= 11 is 7.31. The van der Waals surface area contributed by atoms with Gasteiger partial charge < -0.3 is 10.6 Å². The Kier molecular flexibility index (Phi) is 6.37. The van der Waals surface area contributed by atoms with Gasteiger partial charge in [0.1, 0.15) is 0 Å². The Bertz CT molecular complexity index is 417. The van der Waals surface area contributed by atoms with Gasteiger partial charge in [0.25, 0.3) is 0 Å². The number of rotatable bonds is 4. The molecule has 1 aromatic rings. The molecule has 112 valence electrons. The van der Waals surface area contributed by atoms with Gasteiger partial charge in [-0.2, -0.15) is 0 Å². The topological polar surface area (TPSA) is 24.1 Å². The maximum atomic E-state index is 3.67. The zero-order valence-electron chi connectivity index (χ0n) is 12.3. The summed E-state index contributed by atoms with van der Waals surface area (Å²) in [5, 5.41) is 7.31. The molecule has 2 nitrogen and oxygen atoms in total. The summed E-state index contributed by atoms with van der Waals surface area (Å²) in [6, 6.07) is 5.43. The fourth-order valence-corrected chi connectivity index (χ4v) is 4.52. The summed E-state index contributed by atoms with van der Waals surface area (Å²) in [5.41, 5.74) is 2.42. The van der Waals surface area contributed by atoms with Crippen LogP contribution in [0.1, 0.15) is 44.6 Å². The fraction of sp³-hybridized carbons (Fsp3) is 0.625. The minimum Gasteiger partial charge on any atom is -0.381 e. The monoisotopic (exact) mass is 402 g/mol. The van der Waals surface area contributed by atoms with Crippen molar-refractivity contribution in [3.63, 3.8) is 0 Å². The molecule has 1 fully saturated rings. The van der Waals surface area contributed by atoms with Crippen LogP contribution in [0.15, 0.2) is 21.1 Å². The van der Waals surface area contributed by atoms with Crippen molar-refractivity contribution in [2.75, 3.05) is 11.9 Å². The lowest BCUT2D eigenvalue weighted by molar-refractivity contribution is 0.456. The van der Waals surface area contributed by atoms with Crippen molar-refractivity contribution in [2.45, 2.75) is 58.0 Å². The zero-order valence-corrected chi connectivity index (χ0v) is 15.5. The van der Waals surface area contributed by atoms with Gasteiger partial charge in [-0.3, -0.25) is 0 Å². The summed E-state index contributed by atoms with van der Waals surface area (Å²) in [5.74, 6) is 0. The number of hydrogen-bond donors (Lipinski definition) is 2. The van der Waals surface area contributed by atoms with Crippen LogP contribution in [0.5, 0.6) is 0 Å². The van der Waals surface area contributed by atoms with Crippen molar-refractivity contribution in [2.24, 2.45) is 0 Å². The van der Waals surface area contributed by atoms with Crippen molar-refractivity contribution in [3.8, 4) is 0 Å². The lowest BCUT2D eigenvalue weighted by Gasteiger charge is -2.23. The highest BCUT2D eigenvalue weighted by molar-refractivity contribution is 9.11. The van der Waals surface area contributed by atoms with E-state index >= 15 is 0 Å². The van der Waals surface area contributed by atoms with Crippen molar-refractivity contribution in [1.82, 2.24) is 5.32 Å². The Labute approximate surface area is 139 Å². The van der Waals surface area contributed by atoms with Crippen LogP contribution >= 0.6 is 31.9 Å². The average Bonchev–Trinajstić information content (AvgIpc) is 2.62. The Morgan fingerprint density at radius 2 is 1.95 bits per heavy atom. The first kappa shape index (κ1) is 16.3. The molecule has 2 atom stereocenters. The SMILES string of the molecule is Cc1cc(Br)c(NC(C)CC2CCCCCN2)c(Br)c1. The van der Waals surface area contributed by atoms with E-state index in [9.17, 15) is 0 Å². The van der Waals surface area contributed by atoms with Crippen LogP contribution in [0.4, 0.5) is 5.69 Å². The highest BCUT2D eigenvalue weighted by Crippen LogP contribution is 2.33. The third kappa shape index (κ3) is 4.74. The van der Waals surface area contributed by atoms with Crippen molar-refractivity contribution in [3.05, 3.63) is 26.6 Å². The first-order valence-corrected chi connectivity index (χ1v) is 9.10. The number of anilines is 1. The summed E-state index contributed by atoms with van der Waals surface area (Å²) in [6.45, 7) is 5.55. The molecule has 1 saturated heterocycles. The first-order valence-electron chi connectivity index (χ1n) is 7.52. The van der Waals surface area contributed by atoms with Crippen LogP contribution < -0.4 is 10.6 Å². The van der Waals surface area contributed by atoms with E-state index in [1.54, 1.807) is 0 Å². The highest BCUT2D eigenvalue weighted by atomic mass is 79.9. The third-order valence-electron chi connectivity index (χ3n) is 3.88. The number of nitrogens with one attached hydrogen (secondary N) is 2. The maximum Gasteiger partial charge on any atom is 0.0631 e. The summed E-state index contributed by atoms with van der Waals surface area (Å²) in [4.78, 5) is 0. The number of aryl methyl sites for hydroxylation is 1. The van der Waals surface area contributed by atoms with E-state index in [2.05, 4.69) is 68.5 Å². The van der Waals surface area contributed by atoms with E-state index in [1.165, 1.54) is 44.2 Å². The van der Waals surface area contributed by atoms with Crippen molar-refractivity contribution < 1.29 is 0 Å². The molecule has 2 N–H and O–H groups in total. The molecule has 0 bridgehead atoms. The Balaban J connectivity index is 1.95. The second-order valence-corrected chi connectivity index (χ2v) is 7.59. The molecule has 1 aromatic carbocycles. The normalized spacial score (nSPS) is 21.3. The van der Waals surface area contributed by atoms with Gasteiger partial charge in [0.15, 0.2) is 0 Å². The van der Waals surface area contributed by atoms with Crippen molar-refractivity contribution >= 4 is 37.5 Å². The van der Waals surface area contributed by atoms with E-state index in [4.69, 9.17) is 0 Å². The van der Waals surface area contributed by atoms with Gasteiger partial charge in [-0.15, -0.1) is 0 Å². The van der Waals surface area contributed by atoms with Gasteiger partial charge in [0.05, 0.1) is 5.69 Å². The molecule has 0 aromatic heterocycles. The lowest BCUT2D eigenvalue weighted by Crippen LogP contribution is -2.33. The number of halogens is 2. The van der Waals surface area contributed by atoms with Crippen LogP contribution in [-0.2, 0) is 0 Å². The number of benzene rings is 1. The fourth-order valence-electron chi connectivity index (χ4n) is 2.87. The summed E-state index contributed by atoms with van der Waals surface area (Å²) in [6.07, 6.45) is 6.55. The molecule has 4 heteroatoms. The Hall–Kier alpha value is -0.0600. The van der Waals surface area contributed by atoms with Gasteiger partial charge in [-0.25, -0.2) is 0 Å². The second-order valence-electron chi connectivity index (χ2n) is 5.89. The molecule has 1 aliphatic rings. The molecule has 20 heavy (non-hydrogen) atoms. The average molecular weight is 404 g/mol. The van der Waals surface area contributed by atoms with Crippen molar-refractivity contribution in [1.29, 1.82) is 0 Å². The Morgan fingerprint density at radius 3 is 2.65 bits per heavy atom. The lowest BCUT2D eigenvalue weighted by atomic mass is 10.0. The summed E-state index contributed by atoms with van der Waals surface area (Å²) in [7, 11) is 0. The van der Waals surface area contributed by atoms with E-state index in [0.717, 1.165) is 14.6 Å². The third-order valence-corrected chi connectivity index (χ3v) is 5.13. The smallest absolute Gasteiger partial charge is 0.0631 e. The minimum absolute atomic E-state index is 0.459. The summed E-state index contributed by atoms with van der Waals surface area (Å²) < 4.78 is 2.26. The van der Waals surface area contributed by atoms with Crippen LogP contribution in [-0.4, -0.2) is 18.6 Å². The molecule has 0 radical (unpaired) electrons. The van der Waals surface area contributed by atoms with Gasteiger partial charge in [-0.1, -0.05) is 12.8 Å². The molecule has 1 aliphatic heterocycles. The quantitative estimate of drug-likeness (QED) is 0.717. The standard InChI is InChI=1S/C16H24Br2N2/c1-11-8-14(17)16(15(18)9-11)20-12(2)10-13-6-4-3-5-7-19-13/h8-9,12-13,19-20H,3-7,10H2,1-2H3. The van der Waals surface area contributed by atoms with Gasteiger partial charge in [-0.05, 0) is 89.2 Å². The van der Waals surface area contributed by atoms with Crippen LogP contribution in [0, 0.1) is 6.92 Å². The number of hydrogen-bond acceptors (Lipinski definition) is 2. The molecule has 0 amide bonds. The van der Waals surface area contributed by atoms with E-state index in [0.29, 0.717) is 12.1 Å². The first-order chi connectivity index (χ1) is 9.56. The molecular formula is C16H24Br2N2. The molecule has 1 heterocycles. The molecule has 0 saturated carbocycles. The predicted molar refractivity (Wildman–Crippen MR) is 94.5 cm³/mol. The van der Waals surface area contributed by atoms with E-state index in [-0.39, 0.29) is 0 Å². The van der Waals surface area contributed by atoms with Gasteiger partial charge in [0, 0.05) is 21.0 Å². The maximum absolute atomic E-state index is 3.67. The van der Waals surface area contributed by atoms with Crippen LogP contribution in [0.3, 0.4) is 0 Å². The molecule has 2 unspecified atom stereocenters. The van der Waals surface area contributed by atoms with E-state index in [1.807, 2.05) is 0 Å². The minimum atomic E-state index is 0.459. The zero-order chi connectivity index (χ0) is 14.5.